The summed E-state index contributed by atoms with van der Waals surface area (Å²) in [6.45, 7) is 4.07. The first kappa shape index (κ1) is 18.2. The molecule has 3 N–H and O–H groups in total. The maximum atomic E-state index is 12.5. The molecule has 0 aliphatic rings. The topological polar surface area (TPSA) is 75.4 Å². The molecule has 6 heteroatoms. The molecule has 0 saturated carbocycles. The Labute approximate surface area is 146 Å². The van der Waals surface area contributed by atoms with Gasteiger partial charge in [0.1, 0.15) is 0 Å². The van der Waals surface area contributed by atoms with Gasteiger partial charge in [0.2, 0.25) is 11.8 Å². The molecule has 1 heterocycles. The molecule has 0 aliphatic heterocycles. The van der Waals surface area contributed by atoms with Crippen LogP contribution in [-0.4, -0.2) is 35.8 Å². The molecule has 0 saturated heterocycles. The fourth-order valence-electron chi connectivity index (χ4n) is 2.43. The Hall–Kier alpha value is -2.18. The van der Waals surface area contributed by atoms with Crippen molar-refractivity contribution >= 4 is 23.2 Å². The van der Waals surface area contributed by atoms with Crippen molar-refractivity contribution in [2.45, 2.75) is 25.9 Å². The van der Waals surface area contributed by atoms with E-state index in [-0.39, 0.29) is 31.1 Å². The number of hydrogen-bond donors (Lipinski definition) is 2. The monoisotopic (exact) mass is 345 g/mol. The molecule has 1 aromatic carbocycles. The van der Waals surface area contributed by atoms with Crippen molar-refractivity contribution in [3.63, 3.8) is 0 Å². The largest absolute Gasteiger partial charge is 0.369 e. The van der Waals surface area contributed by atoms with Crippen LogP contribution in [-0.2, 0) is 9.59 Å². The Morgan fingerprint density at radius 3 is 2.38 bits per heavy atom. The van der Waals surface area contributed by atoms with E-state index in [9.17, 15) is 9.59 Å². The van der Waals surface area contributed by atoms with E-state index in [0.29, 0.717) is 0 Å². The normalized spacial score (nSPS) is 12.3. The van der Waals surface area contributed by atoms with Gasteiger partial charge in [-0.2, -0.15) is 0 Å². The van der Waals surface area contributed by atoms with Crippen LogP contribution in [0.1, 0.15) is 30.3 Å². The summed E-state index contributed by atoms with van der Waals surface area (Å²) >= 11 is 1.60. The van der Waals surface area contributed by atoms with Crippen LogP contribution < -0.4 is 11.1 Å². The van der Waals surface area contributed by atoms with Gasteiger partial charge in [-0.3, -0.25) is 14.5 Å². The molecule has 2 amide bonds. The van der Waals surface area contributed by atoms with Crippen molar-refractivity contribution in [2.75, 3.05) is 13.1 Å². The summed E-state index contributed by atoms with van der Waals surface area (Å²) < 4.78 is 0. The number of carbonyl (C=O) groups is 2. The SMILES string of the molecule is CC(C)N(CC(N)=O)CC(=O)NC(c1ccccc1)c1cccs1. The summed E-state index contributed by atoms with van der Waals surface area (Å²) in [5.41, 5.74) is 6.29. The van der Waals surface area contributed by atoms with E-state index in [1.54, 1.807) is 16.2 Å². The van der Waals surface area contributed by atoms with Crippen molar-refractivity contribution in [2.24, 2.45) is 5.73 Å². The number of thiophene rings is 1. The highest BCUT2D eigenvalue weighted by molar-refractivity contribution is 7.10. The Morgan fingerprint density at radius 1 is 1.12 bits per heavy atom. The molecule has 1 aromatic heterocycles. The number of benzene rings is 1. The zero-order valence-electron chi connectivity index (χ0n) is 13.9. The minimum atomic E-state index is -0.436. The number of carbonyl (C=O) groups excluding carboxylic acids is 2. The summed E-state index contributed by atoms with van der Waals surface area (Å²) in [6.07, 6.45) is 0. The zero-order valence-corrected chi connectivity index (χ0v) is 14.8. The minimum Gasteiger partial charge on any atom is -0.369 e. The van der Waals surface area contributed by atoms with Crippen molar-refractivity contribution in [1.82, 2.24) is 10.2 Å². The Balaban J connectivity index is 2.12. The molecule has 1 unspecified atom stereocenters. The maximum Gasteiger partial charge on any atom is 0.234 e. The molecular formula is C18H23N3O2S. The van der Waals surface area contributed by atoms with Crippen LogP contribution in [0, 0.1) is 0 Å². The van der Waals surface area contributed by atoms with Crippen LogP contribution in [0.4, 0.5) is 0 Å². The van der Waals surface area contributed by atoms with Gasteiger partial charge in [0.25, 0.3) is 0 Å². The summed E-state index contributed by atoms with van der Waals surface area (Å²) in [5.74, 6) is -0.568. The van der Waals surface area contributed by atoms with Crippen LogP contribution in [0.25, 0.3) is 0 Å². The molecule has 0 spiro atoms. The lowest BCUT2D eigenvalue weighted by Crippen LogP contribution is -2.45. The molecule has 0 radical (unpaired) electrons. The van der Waals surface area contributed by atoms with E-state index in [2.05, 4.69) is 5.32 Å². The number of hydrogen-bond acceptors (Lipinski definition) is 4. The van der Waals surface area contributed by atoms with Crippen LogP contribution in [0.15, 0.2) is 47.8 Å². The number of rotatable bonds is 8. The standard InChI is InChI=1S/C18H23N3O2S/c1-13(2)21(11-16(19)22)12-17(23)20-18(15-9-6-10-24-15)14-7-4-3-5-8-14/h3-10,13,18H,11-12H2,1-2H3,(H2,19,22)(H,20,23). The van der Waals surface area contributed by atoms with Gasteiger partial charge in [0, 0.05) is 10.9 Å². The Kier molecular flexibility index (Phi) is 6.52. The van der Waals surface area contributed by atoms with Crippen LogP contribution >= 0.6 is 11.3 Å². The summed E-state index contributed by atoms with van der Waals surface area (Å²) in [5, 5.41) is 5.06. The lowest BCUT2D eigenvalue weighted by atomic mass is 10.1. The second-order valence-corrected chi connectivity index (χ2v) is 6.87. The summed E-state index contributed by atoms with van der Waals surface area (Å²) in [6, 6.07) is 13.7. The third-order valence-corrected chi connectivity index (χ3v) is 4.64. The van der Waals surface area contributed by atoms with E-state index >= 15 is 0 Å². The Morgan fingerprint density at radius 2 is 1.83 bits per heavy atom. The van der Waals surface area contributed by atoms with E-state index < -0.39 is 5.91 Å². The van der Waals surface area contributed by atoms with Gasteiger partial charge in [0.15, 0.2) is 0 Å². The fourth-order valence-corrected chi connectivity index (χ4v) is 3.23. The van der Waals surface area contributed by atoms with Gasteiger partial charge < -0.3 is 11.1 Å². The van der Waals surface area contributed by atoms with E-state index in [1.807, 2.05) is 61.7 Å². The maximum absolute atomic E-state index is 12.5. The van der Waals surface area contributed by atoms with Crippen LogP contribution in [0.2, 0.25) is 0 Å². The summed E-state index contributed by atoms with van der Waals surface area (Å²) in [7, 11) is 0. The first-order chi connectivity index (χ1) is 11.5. The molecule has 2 rings (SSSR count). The first-order valence-corrected chi connectivity index (χ1v) is 8.75. The zero-order chi connectivity index (χ0) is 17.5. The smallest absolute Gasteiger partial charge is 0.234 e. The molecule has 1 atom stereocenters. The summed E-state index contributed by atoms with van der Waals surface area (Å²) in [4.78, 5) is 26.5. The molecular weight excluding hydrogens is 322 g/mol. The lowest BCUT2D eigenvalue weighted by molar-refractivity contribution is -0.125. The van der Waals surface area contributed by atoms with Crippen molar-refractivity contribution in [1.29, 1.82) is 0 Å². The Bertz CT molecular complexity index is 656. The molecule has 2 aromatic rings. The van der Waals surface area contributed by atoms with Gasteiger partial charge in [-0.05, 0) is 30.9 Å². The van der Waals surface area contributed by atoms with E-state index in [4.69, 9.17) is 5.73 Å². The van der Waals surface area contributed by atoms with Gasteiger partial charge in [-0.1, -0.05) is 36.4 Å². The highest BCUT2D eigenvalue weighted by Gasteiger charge is 2.21. The van der Waals surface area contributed by atoms with Crippen molar-refractivity contribution < 1.29 is 9.59 Å². The number of amides is 2. The van der Waals surface area contributed by atoms with Gasteiger partial charge in [0.05, 0.1) is 19.1 Å². The predicted molar refractivity (Wildman–Crippen MR) is 96.7 cm³/mol. The third-order valence-electron chi connectivity index (χ3n) is 3.70. The minimum absolute atomic E-state index is 0.0557. The van der Waals surface area contributed by atoms with Gasteiger partial charge in [-0.15, -0.1) is 11.3 Å². The second kappa shape index (κ2) is 8.61. The van der Waals surface area contributed by atoms with Crippen molar-refractivity contribution in [3.8, 4) is 0 Å². The number of nitrogens with one attached hydrogen (secondary N) is 1. The van der Waals surface area contributed by atoms with Crippen molar-refractivity contribution in [3.05, 3.63) is 58.3 Å². The molecule has 0 aliphatic carbocycles. The van der Waals surface area contributed by atoms with Crippen LogP contribution in [0.5, 0.6) is 0 Å². The number of primary amides is 1. The molecule has 24 heavy (non-hydrogen) atoms. The average Bonchev–Trinajstić information content (AvgIpc) is 3.06. The van der Waals surface area contributed by atoms with E-state index in [0.717, 1.165) is 10.4 Å². The van der Waals surface area contributed by atoms with Crippen LogP contribution in [0.3, 0.4) is 0 Å². The molecule has 5 nitrogen and oxygen atoms in total. The number of nitrogens with zero attached hydrogens (tertiary/aromatic N) is 1. The third kappa shape index (κ3) is 5.18. The molecule has 0 fully saturated rings. The fraction of sp³-hybridized carbons (Fsp3) is 0.333. The highest BCUT2D eigenvalue weighted by Crippen LogP contribution is 2.25. The quantitative estimate of drug-likeness (QED) is 0.770. The lowest BCUT2D eigenvalue weighted by Gasteiger charge is -2.26. The highest BCUT2D eigenvalue weighted by atomic mass is 32.1. The first-order valence-electron chi connectivity index (χ1n) is 7.87. The average molecular weight is 345 g/mol. The second-order valence-electron chi connectivity index (χ2n) is 5.89. The van der Waals surface area contributed by atoms with E-state index in [1.165, 1.54) is 0 Å². The molecule has 0 bridgehead atoms. The molecule has 128 valence electrons. The van der Waals surface area contributed by atoms with Gasteiger partial charge in [-0.25, -0.2) is 0 Å². The van der Waals surface area contributed by atoms with Gasteiger partial charge >= 0.3 is 0 Å². The number of nitrogens with two attached hydrogens (primary N) is 1. The predicted octanol–water partition coefficient (Wildman–Crippen LogP) is 2.15.